The first kappa shape index (κ1) is 18.1. The number of amides is 2. The van der Waals surface area contributed by atoms with E-state index in [1.807, 2.05) is 42.3 Å². The number of benzene rings is 2. The molecule has 2 aromatic rings. The monoisotopic (exact) mass is 351 g/mol. The normalized spacial score (nSPS) is 17.0. The van der Waals surface area contributed by atoms with Gasteiger partial charge in [0.2, 0.25) is 0 Å². The van der Waals surface area contributed by atoms with E-state index in [0.29, 0.717) is 22.7 Å². The fraction of sp³-hybridized carbons (Fsp3) is 0.333. The molecule has 0 aromatic heterocycles. The largest absolute Gasteiger partial charge is 0.338 e. The van der Waals surface area contributed by atoms with Crippen molar-refractivity contribution in [2.24, 2.45) is 5.92 Å². The number of nitrogens with one attached hydrogen (secondary N) is 2. The van der Waals surface area contributed by atoms with Crippen molar-refractivity contribution in [3.63, 3.8) is 0 Å². The van der Waals surface area contributed by atoms with Crippen LogP contribution in [0.15, 0.2) is 54.6 Å². The predicted octanol–water partition coefficient (Wildman–Crippen LogP) is 3.01. The lowest BCUT2D eigenvalue weighted by Gasteiger charge is -2.33. The van der Waals surface area contributed by atoms with Gasteiger partial charge in [-0.3, -0.25) is 9.59 Å². The maximum absolute atomic E-state index is 13.0. The molecule has 1 aliphatic heterocycles. The van der Waals surface area contributed by atoms with Crippen molar-refractivity contribution in [1.82, 2.24) is 10.2 Å². The van der Waals surface area contributed by atoms with Gasteiger partial charge in [0.1, 0.15) is 0 Å². The van der Waals surface area contributed by atoms with Gasteiger partial charge in [-0.05, 0) is 56.6 Å². The van der Waals surface area contributed by atoms with Crippen molar-refractivity contribution in [2.45, 2.75) is 12.8 Å². The topological polar surface area (TPSA) is 61.4 Å². The second-order valence-corrected chi connectivity index (χ2v) is 6.68. The first-order valence-corrected chi connectivity index (χ1v) is 9.08. The van der Waals surface area contributed by atoms with Gasteiger partial charge in [0.25, 0.3) is 11.8 Å². The number of hydrogen-bond donors (Lipinski definition) is 2. The molecule has 1 atom stereocenters. The van der Waals surface area contributed by atoms with Crippen LogP contribution in [-0.4, -0.2) is 43.4 Å². The Bertz CT molecular complexity index is 759. The van der Waals surface area contributed by atoms with Crippen LogP contribution in [0.25, 0.3) is 0 Å². The summed E-state index contributed by atoms with van der Waals surface area (Å²) < 4.78 is 0. The van der Waals surface area contributed by atoms with Gasteiger partial charge in [-0.25, -0.2) is 0 Å². The average molecular weight is 351 g/mol. The Morgan fingerprint density at radius 2 is 1.81 bits per heavy atom. The molecule has 1 unspecified atom stereocenters. The third-order valence-corrected chi connectivity index (χ3v) is 4.74. The first-order chi connectivity index (χ1) is 12.7. The molecule has 0 bridgehead atoms. The average Bonchev–Trinajstić information content (AvgIpc) is 2.69. The lowest BCUT2D eigenvalue weighted by atomic mass is 9.97. The third-order valence-electron chi connectivity index (χ3n) is 4.74. The number of nitrogens with zero attached hydrogens (tertiary/aromatic N) is 1. The molecule has 1 saturated heterocycles. The van der Waals surface area contributed by atoms with Crippen LogP contribution >= 0.6 is 0 Å². The van der Waals surface area contributed by atoms with Crippen molar-refractivity contribution in [2.75, 3.05) is 32.0 Å². The fourth-order valence-electron chi connectivity index (χ4n) is 3.44. The van der Waals surface area contributed by atoms with Crippen molar-refractivity contribution in [3.8, 4) is 0 Å². The molecule has 0 spiro atoms. The molecule has 1 fully saturated rings. The number of carbonyl (C=O) groups excluding carboxylic acids is 2. The highest BCUT2D eigenvalue weighted by atomic mass is 16.2. The van der Waals surface area contributed by atoms with Gasteiger partial charge < -0.3 is 15.5 Å². The van der Waals surface area contributed by atoms with Crippen LogP contribution in [0.5, 0.6) is 0 Å². The van der Waals surface area contributed by atoms with E-state index >= 15 is 0 Å². The van der Waals surface area contributed by atoms with Crippen LogP contribution in [0.2, 0.25) is 0 Å². The predicted molar refractivity (Wildman–Crippen MR) is 103 cm³/mol. The second kappa shape index (κ2) is 8.63. The summed E-state index contributed by atoms with van der Waals surface area (Å²) in [5.41, 5.74) is 1.67. The number of para-hydroxylation sites is 1. The number of likely N-dealkylation sites (tertiary alicyclic amines) is 1. The molecule has 2 amide bonds. The molecule has 1 aliphatic rings. The minimum absolute atomic E-state index is 0.0187. The lowest BCUT2D eigenvalue weighted by molar-refractivity contribution is 0.0675. The van der Waals surface area contributed by atoms with Gasteiger partial charge in [-0.2, -0.15) is 0 Å². The zero-order valence-electron chi connectivity index (χ0n) is 15.1. The minimum atomic E-state index is -0.211. The van der Waals surface area contributed by atoms with E-state index in [0.717, 1.165) is 32.5 Å². The summed E-state index contributed by atoms with van der Waals surface area (Å²) in [5, 5.41) is 6.08. The highest BCUT2D eigenvalue weighted by Crippen LogP contribution is 2.22. The van der Waals surface area contributed by atoms with Gasteiger partial charge in [0, 0.05) is 18.7 Å². The van der Waals surface area contributed by atoms with Crippen molar-refractivity contribution >= 4 is 17.5 Å². The van der Waals surface area contributed by atoms with Crippen molar-refractivity contribution < 1.29 is 9.59 Å². The zero-order chi connectivity index (χ0) is 18.4. The standard InChI is InChI=1S/C21H25N3O2/c1-22-14-16-8-7-13-24(15-16)21(26)18-11-5-6-12-19(18)23-20(25)17-9-3-2-4-10-17/h2-6,9-12,16,22H,7-8,13-15H2,1H3,(H,23,25). The summed E-state index contributed by atoms with van der Waals surface area (Å²) in [4.78, 5) is 27.4. The maximum atomic E-state index is 13.0. The van der Waals surface area contributed by atoms with E-state index in [2.05, 4.69) is 10.6 Å². The number of piperidine rings is 1. The summed E-state index contributed by atoms with van der Waals surface area (Å²) in [6.07, 6.45) is 2.15. The van der Waals surface area contributed by atoms with E-state index in [1.165, 1.54) is 0 Å². The Balaban J connectivity index is 1.76. The van der Waals surface area contributed by atoms with E-state index in [4.69, 9.17) is 0 Å². The molecular weight excluding hydrogens is 326 g/mol. The van der Waals surface area contributed by atoms with Crippen molar-refractivity contribution in [1.29, 1.82) is 0 Å². The number of carbonyl (C=O) groups is 2. The van der Waals surface area contributed by atoms with Gasteiger partial charge in [-0.15, -0.1) is 0 Å². The molecule has 136 valence electrons. The number of hydrogen-bond acceptors (Lipinski definition) is 3. The fourth-order valence-corrected chi connectivity index (χ4v) is 3.44. The Hall–Kier alpha value is -2.66. The third kappa shape index (κ3) is 4.29. The second-order valence-electron chi connectivity index (χ2n) is 6.68. The van der Waals surface area contributed by atoms with Crippen molar-refractivity contribution in [3.05, 3.63) is 65.7 Å². The van der Waals surface area contributed by atoms with E-state index in [9.17, 15) is 9.59 Å². The summed E-state index contributed by atoms with van der Waals surface area (Å²) in [6.45, 7) is 2.43. The van der Waals surface area contributed by atoms with Crippen LogP contribution in [0.3, 0.4) is 0 Å². The van der Waals surface area contributed by atoms with Crippen LogP contribution in [0, 0.1) is 5.92 Å². The molecule has 5 nitrogen and oxygen atoms in total. The summed E-state index contributed by atoms with van der Waals surface area (Å²) >= 11 is 0. The Kier molecular flexibility index (Phi) is 6.02. The highest BCUT2D eigenvalue weighted by Gasteiger charge is 2.25. The van der Waals surface area contributed by atoms with Crippen LogP contribution in [0.1, 0.15) is 33.6 Å². The SMILES string of the molecule is CNCC1CCCN(C(=O)c2ccccc2NC(=O)c2ccccc2)C1. The minimum Gasteiger partial charge on any atom is -0.338 e. The molecule has 3 rings (SSSR count). The summed E-state index contributed by atoms with van der Waals surface area (Å²) in [7, 11) is 1.94. The van der Waals surface area contributed by atoms with E-state index in [1.54, 1.807) is 24.3 Å². The van der Waals surface area contributed by atoms with Gasteiger partial charge >= 0.3 is 0 Å². The number of anilines is 1. The molecule has 1 heterocycles. The lowest BCUT2D eigenvalue weighted by Crippen LogP contribution is -2.42. The van der Waals surface area contributed by atoms with Gasteiger partial charge in [0.15, 0.2) is 0 Å². The van der Waals surface area contributed by atoms with E-state index in [-0.39, 0.29) is 11.8 Å². The van der Waals surface area contributed by atoms with Crippen LogP contribution < -0.4 is 10.6 Å². The Morgan fingerprint density at radius 3 is 2.58 bits per heavy atom. The smallest absolute Gasteiger partial charge is 0.255 e. The molecular formula is C21H25N3O2. The maximum Gasteiger partial charge on any atom is 0.255 e. The molecule has 0 radical (unpaired) electrons. The highest BCUT2D eigenvalue weighted by molar-refractivity contribution is 6.09. The molecule has 0 aliphatic carbocycles. The Labute approximate surface area is 154 Å². The van der Waals surface area contributed by atoms with Crippen LogP contribution in [0.4, 0.5) is 5.69 Å². The summed E-state index contributed by atoms with van der Waals surface area (Å²) in [5.74, 6) is 0.246. The summed E-state index contributed by atoms with van der Waals surface area (Å²) in [6, 6.07) is 16.3. The molecule has 2 aromatic carbocycles. The zero-order valence-corrected chi connectivity index (χ0v) is 15.1. The first-order valence-electron chi connectivity index (χ1n) is 9.08. The Morgan fingerprint density at radius 1 is 1.08 bits per heavy atom. The van der Waals surface area contributed by atoms with Gasteiger partial charge in [0.05, 0.1) is 11.3 Å². The quantitative estimate of drug-likeness (QED) is 0.870. The molecule has 5 heteroatoms. The molecule has 0 saturated carbocycles. The molecule has 2 N–H and O–H groups in total. The number of rotatable bonds is 5. The molecule has 26 heavy (non-hydrogen) atoms. The van der Waals surface area contributed by atoms with E-state index < -0.39 is 0 Å². The van der Waals surface area contributed by atoms with Crippen LogP contribution in [-0.2, 0) is 0 Å². The van der Waals surface area contributed by atoms with Gasteiger partial charge in [-0.1, -0.05) is 30.3 Å².